The monoisotopic (exact) mass is 284 g/mol. The number of rotatable bonds is 4. The predicted molar refractivity (Wildman–Crippen MR) is 76.7 cm³/mol. The first-order valence-electron chi connectivity index (χ1n) is 6.41. The van der Waals surface area contributed by atoms with Crippen molar-refractivity contribution in [3.05, 3.63) is 0 Å². The molecule has 1 atom stereocenters. The van der Waals surface area contributed by atoms with E-state index in [0.717, 1.165) is 24.5 Å². The maximum atomic E-state index is 11.1. The Bertz CT molecular complexity index is 461. The SMILES string of the molecule is CC(=O)NC1CCN(c2snc(N)c2OC(C)C)C1. The number of hydrogen-bond acceptors (Lipinski definition) is 6. The lowest BCUT2D eigenvalue weighted by Gasteiger charge is -2.19. The number of ether oxygens (including phenoxy) is 1. The number of nitrogens with one attached hydrogen (secondary N) is 1. The molecule has 0 saturated carbocycles. The maximum absolute atomic E-state index is 11.1. The third kappa shape index (κ3) is 3.28. The molecule has 0 aromatic carbocycles. The number of aromatic nitrogens is 1. The molecule has 19 heavy (non-hydrogen) atoms. The summed E-state index contributed by atoms with van der Waals surface area (Å²) in [5.74, 6) is 1.12. The van der Waals surface area contributed by atoms with Gasteiger partial charge in [-0.25, -0.2) is 0 Å². The normalized spacial score (nSPS) is 18.9. The molecule has 0 radical (unpaired) electrons. The lowest BCUT2D eigenvalue weighted by atomic mass is 10.3. The van der Waals surface area contributed by atoms with Crippen LogP contribution in [0.1, 0.15) is 27.2 Å². The van der Waals surface area contributed by atoms with Gasteiger partial charge in [-0.2, -0.15) is 4.37 Å². The van der Waals surface area contributed by atoms with Crippen molar-refractivity contribution in [3.63, 3.8) is 0 Å². The molecule has 1 aromatic rings. The third-order valence-electron chi connectivity index (χ3n) is 2.89. The van der Waals surface area contributed by atoms with Gasteiger partial charge in [-0.3, -0.25) is 4.79 Å². The van der Waals surface area contributed by atoms with Crippen LogP contribution in [0, 0.1) is 0 Å². The van der Waals surface area contributed by atoms with E-state index in [-0.39, 0.29) is 18.1 Å². The van der Waals surface area contributed by atoms with Crippen LogP contribution in [0.3, 0.4) is 0 Å². The standard InChI is InChI=1S/C12H20N4O2S/c1-7(2)18-10-11(13)15-19-12(10)16-5-4-9(6-16)14-8(3)17/h7,9H,4-6H2,1-3H3,(H2,13,15)(H,14,17). The van der Waals surface area contributed by atoms with Crippen LogP contribution in [0.25, 0.3) is 0 Å². The molecule has 106 valence electrons. The molecule has 2 heterocycles. The molecule has 0 spiro atoms. The molecule has 6 nitrogen and oxygen atoms in total. The van der Waals surface area contributed by atoms with Gasteiger partial charge < -0.3 is 20.7 Å². The zero-order valence-electron chi connectivity index (χ0n) is 11.5. The van der Waals surface area contributed by atoms with E-state index >= 15 is 0 Å². The predicted octanol–water partition coefficient (Wildman–Crippen LogP) is 1.23. The molecular weight excluding hydrogens is 264 g/mol. The number of carbonyl (C=O) groups excluding carboxylic acids is 1. The van der Waals surface area contributed by atoms with Crippen LogP contribution in [0.4, 0.5) is 10.8 Å². The molecule has 3 N–H and O–H groups in total. The summed E-state index contributed by atoms with van der Waals surface area (Å²) in [5.41, 5.74) is 5.85. The molecule has 7 heteroatoms. The molecule has 1 amide bonds. The number of nitrogens with zero attached hydrogens (tertiary/aromatic N) is 2. The summed E-state index contributed by atoms with van der Waals surface area (Å²) in [6.45, 7) is 7.12. The highest BCUT2D eigenvalue weighted by molar-refractivity contribution is 7.11. The smallest absolute Gasteiger partial charge is 0.217 e. The average molecular weight is 284 g/mol. The Morgan fingerprint density at radius 2 is 2.37 bits per heavy atom. The summed E-state index contributed by atoms with van der Waals surface area (Å²) >= 11 is 1.35. The van der Waals surface area contributed by atoms with Crippen LogP contribution in [0.15, 0.2) is 0 Å². The number of nitrogens with two attached hydrogens (primary N) is 1. The molecule has 0 aliphatic carbocycles. The molecule has 1 unspecified atom stereocenters. The molecule has 1 fully saturated rings. The number of anilines is 2. The number of carbonyl (C=O) groups is 1. The summed E-state index contributed by atoms with van der Waals surface area (Å²) in [4.78, 5) is 13.2. The van der Waals surface area contributed by atoms with Gasteiger partial charge in [-0.15, -0.1) is 0 Å². The van der Waals surface area contributed by atoms with Gasteiger partial charge in [0.05, 0.1) is 6.10 Å². The molecular formula is C12H20N4O2S. The van der Waals surface area contributed by atoms with Crippen LogP contribution in [-0.2, 0) is 4.79 Å². The molecule has 1 aliphatic rings. The van der Waals surface area contributed by atoms with Crippen LogP contribution in [0.2, 0.25) is 0 Å². The van der Waals surface area contributed by atoms with Crippen molar-refractivity contribution in [2.45, 2.75) is 39.3 Å². The topological polar surface area (TPSA) is 80.5 Å². The third-order valence-corrected chi connectivity index (χ3v) is 3.80. The number of hydrogen-bond donors (Lipinski definition) is 2. The van der Waals surface area contributed by atoms with Crippen LogP contribution in [0.5, 0.6) is 5.75 Å². The van der Waals surface area contributed by atoms with Crippen molar-refractivity contribution in [3.8, 4) is 5.75 Å². The fraction of sp³-hybridized carbons (Fsp3) is 0.667. The van der Waals surface area contributed by atoms with Gasteiger partial charge in [0.1, 0.15) is 0 Å². The van der Waals surface area contributed by atoms with Crippen LogP contribution in [-0.4, -0.2) is 35.5 Å². The Labute approximate surface area is 117 Å². The van der Waals surface area contributed by atoms with Crippen LogP contribution >= 0.6 is 11.5 Å². The maximum Gasteiger partial charge on any atom is 0.217 e. The highest BCUT2D eigenvalue weighted by Gasteiger charge is 2.28. The molecule has 2 rings (SSSR count). The first kappa shape index (κ1) is 13.9. The van der Waals surface area contributed by atoms with E-state index in [1.807, 2.05) is 13.8 Å². The van der Waals surface area contributed by atoms with Crippen molar-refractivity contribution in [1.29, 1.82) is 0 Å². The molecule has 1 aliphatic heterocycles. The second-order valence-electron chi connectivity index (χ2n) is 5.00. The van der Waals surface area contributed by atoms with E-state index in [9.17, 15) is 4.79 Å². The van der Waals surface area contributed by atoms with E-state index in [4.69, 9.17) is 10.5 Å². The van der Waals surface area contributed by atoms with E-state index in [2.05, 4.69) is 14.6 Å². The molecule has 1 saturated heterocycles. The molecule has 1 aromatic heterocycles. The molecule has 0 bridgehead atoms. The Balaban J connectivity index is 2.09. The minimum atomic E-state index is 0.00863. The highest BCUT2D eigenvalue weighted by atomic mass is 32.1. The number of amides is 1. The van der Waals surface area contributed by atoms with Crippen LogP contribution < -0.4 is 20.7 Å². The summed E-state index contributed by atoms with van der Waals surface area (Å²) in [6, 6.07) is 0.188. The Kier molecular flexibility index (Phi) is 4.14. The summed E-state index contributed by atoms with van der Waals surface area (Å²) in [5, 5.41) is 3.90. The van der Waals surface area contributed by atoms with Gasteiger partial charge in [-0.1, -0.05) is 0 Å². The lowest BCUT2D eigenvalue weighted by Crippen LogP contribution is -2.35. The van der Waals surface area contributed by atoms with Crippen molar-refractivity contribution >= 4 is 28.3 Å². The van der Waals surface area contributed by atoms with Crippen molar-refractivity contribution in [2.24, 2.45) is 0 Å². The van der Waals surface area contributed by atoms with Gasteiger partial charge in [0.25, 0.3) is 0 Å². The van der Waals surface area contributed by atoms with Gasteiger partial charge in [-0.05, 0) is 31.8 Å². The van der Waals surface area contributed by atoms with E-state index in [1.54, 1.807) is 6.92 Å². The van der Waals surface area contributed by atoms with Gasteiger partial charge in [0, 0.05) is 26.1 Å². The zero-order chi connectivity index (χ0) is 14.0. The average Bonchev–Trinajstić information content (AvgIpc) is 2.86. The van der Waals surface area contributed by atoms with Crippen molar-refractivity contribution in [1.82, 2.24) is 9.69 Å². The Morgan fingerprint density at radius 3 is 3.00 bits per heavy atom. The lowest BCUT2D eigenvalue weighted by molar-refractivity contribution is -0.119. The zero-order valence-corrected chi connectivity index (χ0v) is 12.3. The van der Waals surface area contributed by atoms with Gasteiger partial charge in [0.15, 0.2) is 16.6 Å². The quantitative estimate of drug-likeness (QED) is 0.869. The highest BCUT2D eigenvalue weighted by Crippen LogP contribution is 2.40. The van der Waals surface area contributed by atoms with Gasteiger partial charge >= 0.3 is 0 Å². The van der Waals surface area contributed by atoms with E-state index in [1.165, 1.54) is 11.5 Å². The minimum absolute atomic E-state index is 0.00863. The fourth-order valence-electron chi connectivity index (χ4n) is 2.18. The number of nitrogen functional groups attached to an aromatic ring is 1. The summed E-state index contributed by atoms with van der Waals surface area (Å²) < 4.78 is 9.90. The van der Waals surface area contributed by atoms with E-state index < -0.39 is 0 Å². The first-order valence-corrected chi connectivity index (χ1v) is 7.18. The first-order chi connectivity index (χ1) is 8.97. The summed E-state index contributed by atoms with van der Waals surface area (Å²) in [7, 11) is 0. The summed E-state index contributed by atoms with van der Waals surface area (Å²) in [6.07, 6.45) is 0.990. The van der Waals surface area contributed by atoms with E-state index in [0.29, 0.717) is 11.6 Å². The van der Waals surface area contributed by atoms with Crippen molar-refractivity contribution in [2.75, 3.05) is 23.7 Å². The van der Waals surface area contributed by atoms with Crippen molar-refractivity contribution < 1.29 is 9.53 Å². The Hall–Kier alpha value is -1.50. The second kappa shape index (κ2) is 5.64. The Morgan fingerprint density at radius 1 is 1.63 bits per heavy atom. The minimum Gasteiger partial charge on any atom is -0.484 e. The second-order valence-corrected chi connectivity index (χ2v) is 5.75. The van der Waals surface area contributed by atoms with Gasteiger partial charge in [0.2, 0.25) is 5.91 Å². The largest absolute Gasteiger partial charge is 0.484 e. The fourth-order valence-corrected chi connectivity index (χ4v) is 2.97.